The number of benzene rings is 10. The van der Waals surface area contributed by atoms with Crippen LogP contribution in [-0.4, -0.2) is 4.57 Å². The Kier molecular flexibility index (Phi) is 6.13. The first-order valence-electron chi connectivity index (χ1n) is 19.8. The van der Waals surface area contributed by atoms with Crippen molar-refractivity contribution in [2.24, 2.45) is 0 Å². The van der Waals surface area contributed by atoms with Gasteiger partial charge in [-0.2, -0.15) is 0 Å². The van der Waals surface area contributed by atoms with Crippen LogP contribution in [-0.2, 0) is 5.41 Å². The van der Waals surface area contributed by atoms with E-state index < -0.39 is 5.41 Å². The van der Waals surface area contributed by atoms with Gasteiger partial charge in [-0.05, 0) is 79.2 Å². The molecule has 13 rings (SSSR count). The highest BCUT2D eigenvalue weighted by atomic mass is 16.3. The van der Waals surface area contributed by atoms with Crippen molar-refractivity contribution in [2.45, 2.75) is 5.41 Å². The monoisotopic (exact) mass is 723 g/mol. The molecule has 0 atom stereocenters. The lowest BCUT2D eigenvalue weighted by Crippen LogP contribution is -2.28. The third-order valence-corrected chi connectivity index (χ3v) is 12.8. The van der Waals surface area contributed by atoms with Crippen LogP contribution in [0, 0.1) is 0 Å². The van der Waals surface area contributed by atoms with Crippen molar-refractivity contribution in [2.75, 3.05) is 0 Å². The van der Waals surface area contributed by atoms with Gasteiger partial charge in [0.2, 0.25) is 0 Å². The van der Waals surface area contributed by atoms with Gasteiger partial charge >= 0.3 is 0 Å². The molecular weight excluding hydrogens is 691 g/mol. The normalized spacial score (nSPS) is 13.4. The van der Waals surface area contributed by atoms with Crippen molar-refractivity contribution in [1.29, 1.82) is 0 Å². The highest BCUT2D eigenvalue weighted by Crippen LogP contribution is 2.57. The molecule has 0 radical (unpaired) electrons. The van der Waals surface area contributed by atoms with E-state index in [-0.39, 0.29) is 0 Å². The molecule has 57 heavy (non-hydrogen) atoms. The van der Waals surface area contributed by atoms with Gasteiger partial charge < -0.3 is 8.98 Å². The fourth-order valence-corrected chi connectivity index (χ4v) is 10.7. The molecule has 0 aliphatic heterocycles. The Labute approximate surface area is 328 Å². The number of nitrogens with zero attached hydrogens (tertiary/aromatic N) is 1. The molecule has 12 aromatic rings. The Balaban J connectivity index is 1.25. The summed E-state index contributed by atoms with van der Waals surface area (Å²) in [4.78, 5) is 0. The van der Waals surface area contributed by atoms with Crippen LogP contribution in [0.2, 0.25) is 0 Å². The molecule has 0 saturated heterocycles. The lowest BCUT2D eigenvalue weighted by molar-refractivity contribution is 0.671. The Hall–Kier alpha value is -7.42. The predicted molar refractivity (Wildman–Crippen MR) is 238 cm³/mol. The molecule has 2 nitrogen and oxygen atoms in total. The van der Waals surface area contributed by atoms with Crippen LogP contribution in [0.3, 0.4) is 0 Å². The fraction of sp³-hybridized carbons (Fsp3) is 0.0182. The van der Waals surface area contributed by atoms with E-state index in [1.165, 1.54) is 76.5 Å². The second-order valence-corrected chi connectivity index (χ2v) is 15.5. The van der Waals surface area contributed by atoms with Crippen molar-refractivity contribution < 1.29 is 4.42 Å². The van der Waals surface area contributed by atoms with E-state index in [2.05, 4.69) is 205 Å². The number of aromatic nitrogens is 1. The summed E-state index contributed by atoms with van der Waals surface area (Å²) in [5.41, 5.74) is 12.3. The zero-order valence-electron chi connectivity index (χ0n) is 30.9. The molecule has 0 bridgehead atoms. The van der Waals surface area contributed by atoms with Gasteiger partial charge in [0.1, 0.15) is 5.58 Å². The van der Waals surface area contributed by atoms with Crippen molar-refractivity contribution >= 4 is 76.1 Å². The van der Waals surface area contributed by atoms with Gasteiger partial charge in [0, 0.05) is 38.0 Å². The van der Waals surface area contributed by atoms with Gasteiger partial charge in [-0.15, -0.1) is 0 Å². The van der Waals surface area contributed by atoms with Crippen LogP contribution in [0.5, 0.6) is 0 Å². The summed E-state index contributed by atoms with van der Waals surface area (Å²) in [5.74, 6) is 0. The van der Waals surface area contributed by atoms with Gasteiger partial charge in [0.15, 0.2) is 5.58 Å². The molecule has 10 aromatic carbocycles. The summed E-state index contributed by atoms with van der Waals surface area (Å²) in [7, 11) is 0. The largest absolute Gasteiger partial charge is 0.454 e. The second kappa shape index (κ2) is 11.3. The molecule has 0 N–H and O–H groups in total. The summed E-state index contributed by atoms with van der Waals surface area (Å²) >= 11 is 0. The van der Waals surface area contributed by atoms with Gasteiger partial charge in [-0.25, -0.2) is 0 Å². The number of hydrogen-bond acceptors (Lipinski definition) is 1. The molecule has 2 aromatic heterocycles. The maximum atomic E-state index is 7.13. The molecule has 264 valence electrons. The lowest BCUT2D eigenvalue weighted by atomic mass is 9.67. The van der Waals surface area contributed by atoms with Crippen LogP contribution in [0.15, 0.2) is 205 Å². The van der Waals surface area contributed by atoms with Gasteiger partial charge in [0.25, 0.3) is 0 Å². The first-order chi connectivity index (χ1) is 28.3. The van der Waals surface area contributed by atoms with Crippen LogP contribution in [0.4, 0.5) is 0 Å². The SMILES string of the molecule is c1ccc(C2(c3ccccc3)c3ccccc3-c3ccc(-n4c5ccccc5c5c6c7ccccc7c7ccccc7c6c6c7ccccc7oc6c54)cc32)cc1. The lowest BCUT2D eigenvalue weighted by Gasteiger charge is -2.34. The third-order valence-electron chi connectivity index (χ3n) is 12.8. The molecule has 0 spiro atoms. The highest BCUT2D eigenvalue weighted by molar-refractivity contribution is 6.44. The van der Waals surface area contributed by atoms with Crippen LogP contribution in [0.25, 0.3) is 92.9 Å². The van der Waals surface area contributed by atoms with E-state index in [0.717, 1.165) is 38.7 Å². The molecular formula is C55H33NO. The standard InChI is InChI=1S/C55H33NO/c1-3-17-34(18-4-1)55(35-19-5-2-6-20-35)45-28-14-11-23-39(45)40-32-31-36(33-46(40)55)56-47-29-15-12-26-43(47)51-49-41-24-9-7-21-37(41)38-22-8-10-25-42(38)50(49)52-44-27-13-16-30-48(44)57-54(52)53(51)56/h1-33H. The predicted octanol–water partition coefficient (Wildman–Crippen LogP) is 14.5. The Bertz CT molecular complexity index is 3590. The summed E-state index contributed by atoms with van der Waals surface area (Å²) in [6.45, 7) is 0. The third kappa shape index (κ3) is 3.89. The van der Waals surface area contributed by atoms with E-state index >= 15 is 0 Å². The summed E-state index contributed by atoms with van der Waals surface area (Å²) in [6.07, 6.45) is 0. The molecule has 0 fully saturated rings. The average molecular weight is 724 g/mol. The molecule has 1 aliphatic carbocycles. The minimum atomic E-state index is -0.514. The van der Waals surface area contributed by atoms with Crippen molar-refractivity contribution in [1.82, 2.24) is 4.57 Å². The Morgan fingerprint density at radius 3 is 1.60 bits per heavy atom. The molecule has 0 unspecified atom stereocenters. The first kappa shape index (κ1) is 30.9. The smallest absolute Gasteiger partial charge is 0.160 e. The number of fused-ring (bicyclic) bond motifs is 18. The fourth-order valence-electron chi connectivity index (χ4n) is 10.7. The average Bonchev–Trinajstić information content (AvgIpc) is 3.94. The number of hydrogen-bond donors (Lipinski definition) is 0. The maximum absolute atomic E-state index is 7.13. The second-order valence-electron chi connectivity index (χ2n) is 15.5. The van der Waals surface area contributed by atoms with Crippen molar-refractivity contribution in [3.8, 4) is 16.8 Å². The van der Waals surface area contributed by atoms with E-state index in [4.69, 9.17) is 4.42 Å². The summed E-state index contributed by atoms with van der Waals surface area (Å²) in [5, 5.41) is 12.3. The van der Waals surface area contributed by atoms with E-state index in [0.29, 0.717) is 0 Å². The zero-order chi connectivity index (χ0) is 37.2. The molecule has 1 aliphatic rings. The van der Waals surface area contributed by atoms with Gasteiger partial charge in [-0.1, -0.05) is 176 Å². The van der Waals surface area contributed by atoms with E-state index in [1.807, 2.05) is 0 Å². The molecule has 0 amide bonds. The van der Waals surface area contributed by atoms with E-state index in [9.17, 15) is 0 Å². The Morgan fingerprint density at radius 2 is 0.895 bits per heavy atom. The van der Waals surface area contributed by atoms with Gasteiger partial charge in [-0.3, -0.25) is 0 Å². The zero-order valence-corrected chi connectivity index (χ0v) is 30.9. The number of furan rings is 1. The quantitative estimate of drug-likeness (QED) is 0.166. The minimum Gasteiger partial charge on any atom is -0.454 e. The van der Waals surface area contributed by atoms with Crippen molar-refractivity contribution in [3.63, 3.8) is 0 Å². The van der Waals surface area contributed by atoms with Gasteiger partial charge in [0.05, 0.1) is 16.4 Å². The van der Waals surface area contributed by atoms with Crippen LogP contribution >= 0.6 is 0 Å². The van der Waals surface area contributed by atoms with Crippen molar-refractivity contribution in [3.05, 3.63) is 222 Å². The Morgan fingerprint density at radius 1 is 0.368 bits per heavy atom. The van der Waals surface area contributed by atoms with Crippen LogP contribution in [0.1, 0.15) is 22.3 Å². The summed E-state index contributed by atoms with van der Waals surface area (Å²) in [6, 6.07) is 73.6. The maximum Gasteiger partial charge on any atom is 0.160 e. The molecule has 2 heteroatoms. The summed E-state index contributed by atoms with van der Waals surface area (Å²) < 4.78 is 9.62. The number of para-hydroxylation sites is 2. The van der Waals surface area contributed by atoms with Crippen LogP contribution < -0.4 is 0 Å². The molecule has 2 heterocycles. The molecule has 0 saturated carbocycles. The topological polar surface area (TPSA) is 18.1 Å². The van der Waals surface area contributed by atoms with E-state index in [1.54, 1.807) is 0 Å². The highest BCUT2D eigenvalue weighted by Gasteiger charge is 2.46. The number of rotatable bonds is 3. The first-order valence-corrected chi connectivity index (χ1v) is 19.8. The minimum absolute atomic E-state index is 0.514.